The van der Waals surface area contributed by atoms with E-state index in [1.165, 1.54) is 16.8 Å². The first-order valence-electron chi connectivity index (χ1n) is 8.97. The summed E-state index contributed by atoms with van der Waals surface area (Å²) in [4.78, 5) is 20.4. The molecule has 30 heavy (non-hydrogen) atoms. The highest BCUT2D eigenvalue weighted by atomic mass is 32.1. The molecule has 0 aliphatic rings. The van der Waals surface area contributed by atoms with E-state index in [1.54, 1.807) is 24.3 Å². The van der Waals surface area contributed by atoms with E-state index < -0.39 is 11.9 Å². The van der Waals surface area contributed by atoms with Gasteiger partial charge in [0.15, 0.2) is 5.69 Å². The fraction of sp³-hybridized carbons (Fsp3) is 0.250. The molecule has 0 aliphatic heterocycles. The van der Waals surface area contributed by atoms with Gasteiger partial charge in [0.25, 0.3) is 5.56 Å². The molecule has 0 saturated carbocycles. The van der Waals surface area contributed by atoms with E-state index in [9.17, 15) is 18.0 Å². The number of alkyl halides is 3. The smallest absolute Gasteiger partial charge is 0.434 e. The molecule has 2 N–H and O–H groups in total. The zero-order valence-corrected chi connectivity index (χ0v) is 17.0. The lowest BCUT2D eigenvalue weighted by Crippen LogP contribution is -2.17. The predicted molar refractivity (Wildman–Crippen MR) is 111 cm³/mol. The molecular weight excluding hydrogens is 417 g/mol. The van der Waals surface area contributed by atoms with Gasteiger partial charge in [0, 0.05) is 46.8 Å². The molecule has 0 fully saturated rings. The van der Waals surface area contributed by atoms with Crippen LogP contribution in [0.25, 0.3) is 5.69 Å². The molecule has 2 heterocycles. The average Bonchev–Trinajstić information content (AvgIpc) is 3.17. The average molecular weight is 436 g/mol. The Bertz CT molecular complexity index is 1140. The molecule has 0 bridgehead atoms. The predicted octanol–water partition coefficient (Wildman–Crippen LogP) is 4.30. The van der Waals surface area contributed by atoms with Crippen molar-refractivity contribution in [2.45, 2.75) is 26.6 Å². The van der Waals surface area contributed by atoms with Crippen molar-refractivity contribution in [3.05, 3.63) is 68.5 Å². The summed E-state index contributed by atoms with van der Waals surface area (Å²) in [5.74, 6) is 0.236. The molecule has 0 atom stereocenters. The summed E-state index contributed by atoms with van der Waals surface area (Å²) < 4.78 is 44.7. The van der Waals surface area contributed by atoms with Crippen molar-refractivity contribution >= 4 is 22.7 Å². The Hall–Kier alpha value is -3.14. The third kappa shape index (κ3) is 4.88. The zero-order valence-electron chi connectivity index (χ0n) is 16.2. The highest BCUT2D eigenvalue weighted by Crippen LogP contribution is 2.30. The molecule has 158 valence electrons. The molecule has 10 heteroatoms. The number of hydrogen-bond donors (Lipinski definition) is 1. The van der Waals surface area contributed by atoms with E-state index in [4.69, 9.17) is 10.5 Å². The van der Waals surface area contributed by atoms with E-state index >= 15 is 0 Å². The van der Waals surface area contributed by atoms with E-state index in [2.05, 4.69) is 9.98 Å². The van der Waals surface area contributed by atoms with Crippen LogP contribution >= 0.6 is 11.3 Å². The number of halogens is 3. The van der Waals surface area contributed by atoms with E-state index in [0.717, 1.165) is 28.0 Å². The fourth-order valence-electron chi connectivity index (χ4n) is 2.75. The second-order valence-corrected chi connectivity index (χ2v) is 7.26. The highest BCUT2D eigenvalue weighted by molar-refractivity contribution is 7.09. The molecule has 0 spiro atoms. The van der Waals surface area contributed by atoms with Crippen molar-refractivity contribution in [2.24, 2.45) is 4.99 Å². The minimum Gasteiger partial charge on any atom is -0.486 e. The van der Waals surface area contributed by atoms with Crippen molar-refractivity contribution in [1.82, 2.24) is 9.55 Å². The zero-order chi connectivity index (χ0) is 21.9. The molecule has 0 aliphatic carbocycles. The molecule has 0 amide bonds. The summed E-state index contributed by atoms with van der Waals surface area (Å²) in [6.45, 7) is 4.22. The summed E-state index contributed by atoms with van der Waals surface area (Å²) in [5.41, 5.74) is 7.38. The van der Waals surface area contributed by atoms with Crippen molar-refractivity contribution in [3.63, 3.8) is 0 Å². The quantitative estimate of drug-likeness (QED) is 0.461. The maximum absolute atomic E-state index is 12.6. The number of ether oxygens (including phenoxy) is 1. The van der Waals surface area contributed by atoms with E-state index in [0.29, 0.717) is 17.9 Å². The van der Waals surface area contributed by atoms with Crippen LogP contribution in [0.3, 0.4) is 0 Å². The number of nitrogen functional groups attached to an aromatic ring is 1. The Morgan fingerprint density at radius 1 is 1.30 bits per heavy atom. The van der Waals surface area contributed by atoms with Gasteiger partial charge < -0.3 is 10.5 Å². The molecule has 0 radical (unpaired) electrons. The number of anilines is 1. The lowest BCUT2D eigenvalue weighted by atomic mass is 10.1. The molecule has 0 unspecified atom stereocenters. The summed E-state index contributed by atoms with van der Waals surface area (Å²) in [6.07, 6.45) is -2.96. The number of hydrogen-bond acceptors (Lipinski definition) is 6. The Labute approximate surface area is 174 Å². The van der Waals surface area contributed by atoms with E-state index in [-0.39, 0.29) is 22.9 Å². The van der Waals surface area contributed by atoms with Gasteiger partial charge in [-0.2, -0.15) is 13.2 Å². The molecule has 3 rings (SSSR count). The SMILES string of the molecule is CCN=C(C)c1cc(-n2ccc(OCc3nc(C(F)(F)F)cs3)cc2=O)ccc1N. The second-order valence-electron chi connectivity index (χ2n) is 6.31. The van der Waals surface area contributed by atoms with Crippen LogP contribution in [0.4, 0.5) is 18.9 Å². The van der Waals surface area contributed by atoms with Gasteiger partial charge in [-0.1, -0.05) is 0 Å². The van der Waals surface area contributed by atoms with Gasteiger partial charge in [-0.25, -0.2) is 4.98 Å². The molecular formula is C20H19F3N4O2S. The summed E-state index contributed by atoms with van der Waals surface area (Å²) >= 11 is 0.847. The number of nitrogens with two attached hydrogens (primary N) is 1. The Morgan fingerprint density at radius 3 is 2.70 bits per heavy atom. The normalized spacial score (nSPS) is 12.2. The lowest BCUT2D eigenvalue weighted by molar-refractivity contribution is -0.140. The number of aromatic nitrogens is 2. The van der Waals surface area contributed by atoms with Crippen LogP contribution in [0.1, 0.15) is 30.1 Å². The van der Waals surface area contributed by atoms with Crippen LogP contribution in [0.2, 0.25) is 0 Å². The summed E-state index contributed by atoms with van der Waals surface area (Å²) in [7, 11) is 0. The fourth-order valence-corrected chi connectivity index (χ4v) is 3.46. The van der Waals surface area contributed by atoms with Crippen LogP contribution in [0.15, 0.2) is 51.7 Å². The van der Waals surface area contributed by atoms with Crippen LogP contribution in [-0.4, -0.2) is 21.8 Å². The molecule has 2 aromatic heterocycles. The second kappa shape index (κ2) is 8.70. The Balaban J connectivity index is 1.79. The molecule has 1 aromatic carbocycles. The first-order valence-corrected chi connectivity index (χ1v) is 9.85. The Kier molecular flexibility index (Phi) is 6.25. The first-order chi connectivity index (χ1) is 14.2. The highest BCUT2D eigenvalue weighted by Gasteiger charge is 2.33. The molecule has 0 saturated heterocycles. The third-order valence-electron chi connectivity index (χ3n) is 4.20. The lowest BCUT2D eigenvalue weighted by Gasteiger charge is -2.11. The van der Waals surface area contributed by atoms with Gasteiger partial charge >= 0.3 is 6.18 Å². The number of pyridine rings is 1. The minimum absolute atomic E-state index is 0.164. The molecule has 6 nitrogen and oxygen atoms in total. The standard InChI is InChI=1S/C20H19F3N4O2S/c1-3-25-12(2)15-8-13(4-5-16(15)24)27-7-6-14(9-19(27)28)29-10-18-26-17(11-30-18)20(21,22)23/h4-9,11H,3,10,24H2,1-2H3. The summed E-state index contributed by atoms with van der Waals surface area (Å²) in [5, 5.41) is 1.10. The first kappa shape index (κ1) is 21.6. The number of benzene rings is 1. The largest absolute Gasteiger partial charge is 0.486 e. The summed E-state index contributed by atoms with van der Waals surface area (Å²) in [6, 6.07) is 8.02. The van der Waals surface area contributed by atoms with Crippen LogP contribution in [0, 0.1) is 0 Å². The third-order valence-corrected chi connectivity index (χ3v) is 5.02. The minimum atomic E-state index is -4.49. The van der Waals surface area contributed by atoms with Crippen LogP contribution in [0.5, 0.6) is 5.75 Å². The monoisotopic (exact) mass is 436 g/mol. The van der Waals surface area contributed by atoms with Gasteiger partial charge in [-0.15, -0.1) is 11.3 Å². The van der Waals surface area contributed by atoms with Crippen LogP contribution < -0.4 is 16.0 Å². The maximum atomic E-state index is 12.6. The topological polar surface area (TPSA) is 82.5 Å². The van der Waals surface area contributed by atoms with Crippen molar-refractivity contribution in [3.8, 4) is 11.4 Å². The number of aliphatic imine (C=N–C) groups is 1. The van der Waals surface area contributed by atoms with Crippen molar-refractivity contribution < 1.29 is 17.9 Å². The maximum Gasteiger partial charge on any atom is 0.434 e. The van der Waals surface area contributed by atoms with Gasteiger partial charge in [0.05, 0.1) is 0 Å². The van der Waals surface area contributed by atoms with E-state index in [1.807, 2.05) is 13.8 Å². The van der Waals surface area contributed by atoms with Crippen LogP contribution in [-0.2, 0) is 12.8 Å². The number of nitrogens with zero attached hydrogens (tertiary/aromatic N) is 3. The van der Waals surface area contributed by atoms with Gasteiger partial charge in [0.2, 0.25) is 0 Å². The van der Waals surface area contributed by atoms with Gasteiger partial charge in [0.1, 0.15) is 17.4 Å². The van der Waals surface area contributed by atoms with Gasteiger partial charge in [-0.3, -0.25) is 14.4 Å². The number of rotatable bonds is 6. The number of thiazole rings is 1. The van der Waals surface area contributed by atoms with Gasteiger partial charge in [-0.05, 0) is 38.1 Å². The van der Waals surface area contributed by atoms with Crippen molar-refractivity contribution in [1.29, 1.82) is 0 Å². The van der Waals surface area contributed by atoms with Crippen molar-refractivity contribution in [2.75, 3.05) is 12.3 Å². The Morgan fingerprint density at radius 2 is 2.07 bits per heavy atom. The molecule has 3 aromatic rings.